The number of hydrogen-bond acceptors (Lipinski definition) is 3. The molecule has 1 aliphatic rings. The number of likely N-dealkylation sites (tertiary alicyclic amines) is 1. The van der Waals surface area contributed by atoms with Gasteiger partial charge in [0.25, 0.3) is 0 Å². The summed E-state index contributed by atoms with van der Waals surface area (Å²) in [5.74, 6) is 0.899. The molecule has 2 N–H and O–H groups in total. The van der Waals surface area contributed by atoms with Crippen molar-refractivity contribution >= 4 is 6.09 Å². The second-order valence-electron chi connectivity index (χ2n) is 7.56. The summed E-state index contributed by atoms with van der Waals surface area (Å²) < 4.78 is 5.46. The predicted molar refractivity (Wildman–Crippen MR) is 93.5 cm³/mol. The molecular formula is C19H30N2O2. The summed E-state index contributed by atoms with van der Waals surface area (Å²) in [5.41, 5.74) is 8.22. The highest BCUT2D eigenvalue weighted by Gasteiger charge is 2.30. The number of carbonyl (C=O) groups is 1. The molecule has 128 valence electrons. The fourth-order valence-electron chi connectivity index (χ4n) is 3.31. The number of aryl methyl sites for hydroxylation is 1. The van der Waals surface area contributed by atoms with Crippen LogP contribution in [0, 0.1) is 12.8 Å². The van der Waals surface area contributed by atoms with Crippen molar-refractivity contribution in [2.75, 3.05) is 19.6 Å². The zero-order chi connectivity index (χ0) is 17.0. The van der Waals surface area contributed by atoms with Crippen molar-refractivity contribution in [3.8, 4) is 0 Å². The molecule has 1 saturated heterocycles. The van der Waals surface area contributed by atoms with Crippen LogP contribution >= 0.6 is 0 Å². The summed E-state index contributed by atoms with van der Waals surface area (Å²) in [6.45, 7) is 9.98. The van der Waals surface area contributed by atoms with Gasteiger partial charge in [-0.25, -0.2) is 4.79 Å². The first-order chi connectivity index (χ1) is 10.8. The van der Waals surface area contributed by atoms with Gasteiger partial charge >= 0.3 is 6.09 Å². The second-order valence-corrected chi connectivity index (χ2v) is 7.56. The lowest BCUT2D eigenvalue weighted by atomic mass is 9.80. The molecule has 1 aliphatic heterocycles. The van der Waals surface area contributed by atoms with Gasteiger partial charge < -0.3 is 15.4 Å². The summed E-state index contributed by atoms with van der Waals surface area (Å²) in [4.78, 5) is 14.0. The first-order valence-corrected chi connectivity index (χ1v) is 8.54. The van der Waals surface area contributed by atoms with E-state index < -0.39 is 5.60 Å². The zero-order valence-corrected chi connectivity index (χ0v) is 14.8. The molecule has 1 unspecified atom stereocenters. The Kier molecular flexibility index (Phi) is 5.69. The fraction of sp³-hybridized carbons (Fsp3) is 0.632. The topological polar surface area (TPSA) is 55.6 Å². The summed E-state index contributed by atoms with van der Waals surface area (Å²) in [5, 5.41) is 0. The maximum atomic E-state index is 12.2. The van der Waals surface area contributed by atoms with Gasteiger partial charge in [0.15, 0.2) is 0 Å². The van der Waals surface area contributed by atoms with Crippen LogP contribution in [0.25, 0.3) is 0 Å². The van der Waals surface area contributed by atoms with Crippen LogP contribution < -0.4 is 5.73 Å². The summed E-state index contributed by atoms with van der Waals surface area (Å²) in [7, 11) is 0. The normalized spacial score (nSPS) is 17.9. The minimum atomic E-state index is -0.435. The van der Waals surface area contributed by atoms with E-state index in [4.69, 9.17) is 10.5 Å². The molecular weight excluding hydrogens is 288 g/mol. The van der Waals surface area contributed by atoms with E-state index in [1.54, 1.807) is 0 Å². The second kappa shape index (κ2) is 7.35. The Morgan fingerprint density at radius 2 is 2.00 bits per heavy atom. The number of benzene rings is 1. The monoisotopic (exact) mass is 318 g/mol. The Bertz CT molecular complexity index is 528. The third-order valence-electron chi connectivity index (χ3n) is 4.48. The van der Waals surface area contributed by atoms with Crippen molar-refractivity contribution in [3.63, 3.8) is 0 Å². The molecule has 0 radical (unpaired) electrons. The molecule has 0 aliphatic carbocycles. The minimum Gasteiger partial charge on any atom is -0.444 e. The molecule has 4 heteroatoms. The van der Waals surface area contributed by atoms with Crippen LogP contribution in [0.5, 0.6) is 0 Å². The quantitative estimate of drug-likeness (QED) is 0.925. The number of amides is 1. The molecule has 2 rings (SSSR count). The molecule has 0 aromatic heterocycles. The lowest BCUT2D eigenvalue weighted by molar-refractivity contribution is 0.0175. The molecule has 1 aromatic rings. The molecule has 0 saturated carbocycles. The maximum absolute atomic E-state index is 12.2. The Hall–Kier alpha value is -1.55. The van der Waals surface area contributed by atoms with Crippen LogP contribution in [0.15, 0.2) is 24.3 Å². The highest BCUT2D eigenvalue weighted by Crippen LogP contribution is 2.32. The van der Waals surface area contributed by atoms with Gasteiger partial charge in [0.05, 0.1) is 0 Å². The van der Waals surface area contributed by atoms with Crippen molar-refractivity contribution in [2.45, 2.75) is 52.1 Å². The lowest BCUT2D eigenvalue weighted by Crippen LogP contribution is -2.43. The van der Waals surface area contributed by atoms with Crippen LogP contribution in [0.1, 0.15) is 50.7 Å². The number of rotatable bonds is 3. The van der Waals surface area contributed by atoms with E-state index in [2.05, 4.69) is 31.2 Å². The van der Waals surface area contributed by atoms with Gasteiger partial charge in [0.2, 0.25) is 0 Å². The number of nitrogens with two attached hydrogens (primary N) is 1. The first-order valence-electron chi connectivity index (χ1n) is 8.54. The SMILES string of the molecule is Cc1cccc(C(CN)C2CCN(C(=O)OC(C)(C)C)CC2)c1. The van der Waals surface area contributed by atoms with Crippen LogP contribution in [0.3, 0.4) is 0 Å². The highest BCUT2D eigenvalue weighted by molar-refractivity contribution is 5.68. The standard InChI is InChI=1S/C19H30N2O2/c1-14-6-5-7-16(12-14)17(13-20)15-8-10-21(11-9-15)18(22)23-19(2,3)4/h5-7,12,15,17H,8-11,13,20H2,1-4H3. The molecule has 0 spiro atoms. The van der Waals surface area contributed by atoms with Gasteiger partial charge in [-0.05, 0) is 64.5 Å². The van der Waals surface area contributed by atoms with E-state index >= 15 is 0 Å². The van der Waals surface area contributed by atoms with Crippen LogP contribution in [-0.4, -0.2) is 36.2 Å². The van der Waals surface area contributed by atoms with Gasteiger partial charge in [-0.3, -0.25) is 0 Å². The third-order valence-corrected chi connectivity index (χ3v) is 4.48. The van der Waals surface area contributed by atoms with Crippen LogP contribution in [0.2, 0.25) is 0 Å². The Labute approximate surface area is 140 Å². The van der Waals surface area contributed by atoms with E-state index in [9.17, 15) is 4.79 Å². The summed E-state index contributed by atoms with van der Waals surface area (Å²) in [6, 6.07) is 8.62. The number of carbonyl (C=O) groups excluding carboxylic acids is 1. The lowest BCUT2D eigenvalue weighted by Gasteiger charge is -2.36. The largest absolute Gasteiger partial charge is 0.444 e. The van der Waals surface area contributed by atoms with E-state index in [-0.39, 0.29) is 6.09 Å². The molecule has 4 nitrogen and oxygen atoms in total. The van der Waals surface area contributed by atoms with Crippen molar-refractivity contribution < 1.29 is 9.53 Å². The summed E-state index contributed by atoms with van der Waals surface area (Å²) in [6.07, 6.45) is 1.76. The van der Waals surface area contributed by atoms with Gasteiger partial charge in [0.1, 0.15) is 5.60 Å². The van der Waals surface area contributed by atoms with E-state index in [1.165, 1.54) is 11.1 Å². The maximum Gasteiger partial charge on any atom is 0.410 e. The minimum absolute atomic E-state index is 0.198. The van der Waals surface area contributed by atoms with Crippen molar-refractivity contribution in [1.29, 1.82) is 0 Å². The Morgan fingerprint density at radius 3 is 2.52 bits per heavy atom. The zero-order valence-electron chi connectivity index (χ0n) is 14.8. The first kappa shape index (κ1) is 17.8. The smallest absolute Gasteiger partial charge is 0.410 e. The average Bonchev–Trinajstić information content (AvgIpc) is 2.47. The van der Waals surface area contributed by atoms with Crippen molar-refractivity contribution in [2.24, 2.45) is 11.7 Å². The molecule has 1 atom stereocenters. The van der Waals surface area contributed by atoms with Gasteiger partial charge in [0, 0.05) is 13.1 Å². The van der Waals surface area contributed by atoms with E-state index in [1.807, 2.05) is 25.7 Å². The fourth-order valence-corrected chi connectivity index (χ4v) is 3.31. The molecule has 0 bridgehead atoms. The third kappa shape index (κ3) is 4.96. The van der Waals surface area contributed by atoms with Gasteiger partial charge in [-0.2, -0.15) is 0 Å². The van der Waals surface area contributed by atoms with E-state index in [0.29, 0.717) is 18.4 Å². The Balaban J connectivity index is 1.96. The molecule has 1 heterocycles. The van der Waals surface area contributed by atoms with Crippen LogP contribution in [-0.2, 0) is 4.74 Å². The summed E-state index contributed by atoms with van der Waals surface area (Å²) >= 11 is 0. The van der Waals surface area contributed by atoms with Crippen molar-refractivity contribution in [1.82, 2.24) is 4.90 Å². The number of piperidine rings is 1. The average molecular weight is 318 g/mol. The molecule has 23 heavy (non-hydrogen) atoms. The molecule has 1 aromatic carbocycles. The van der Waals surface area contributed by atoms with E-state index in [0.717, 1.165) is 25.9 Å². The number of nitrogens with zero attached hydrogens (tertiary/aromatic N) is 1. The molecule has 1 fully saturated rings. The Morgan fingerprint density at radius 1 is 1.35 bits per heavy atom. The predicted octanol–water partition coefficient (Wildman–Crippen LogP) is 3.68. The van der Waals surface area contributed by atoms with Gasteiger partial charge in [-0.15, -0.1) is 0 Å². The number of hydrogen-bond donors (Lipinski definition) is 1. The van der Waals surface area contributed by atoms with Gasteiger partial charge in [-0.1, -0.05) is 29.8 Å². The highest BCUT2D eigenvalue weighted by atomic mass is 16.6. The van der Waals surface area contributed by atoms with Crippen molar-refractivity contribution in [3.05, 3.63) is 35.4 Å². The number of ether oxygens (including phenoxy) is 1. The van der Waals surface area contributed by atoms with Crippen LogP contribution in [0.4, 0.5) is 4.79 Å². The molecule has 1 amide bonds.